The standard InChI is InChI=1S/C27H26FN5O5/c1-38-22-9-8-21(34)23(24(22)28)25(35)14-2-4-15(5-3-14)26(36)32-19-11-29-12-20(19)33-27(37)16-6-7-17-18(10-16)31-13-30-17/h2-10,13,19-20,26,29,32,34,36H,11-12H2,1H3,(H,30,31)(H,33,37)/t19-,20-,26?/m1/s1. The summed E-state index contributed by atoms with van der Waals surface area (Å²) in [7, 11) is 1.27. The summed E-state index contributed by atoms with van der Waals surface area (Å²) in [4.78, 5) is 32.8. The van der Waals surface area contributed by atoms with Crippen molar-refractivity contribution in [2.45, 2.75) is 18.3 Å². The molecule has 0 aliphatic carbocycles. The van der Waals surface area contributed by atoms with Crippen LogP contribution in [0.3, 0.4) is 0 Å². The van der Waals surface area contributed by atoms with Gasteiger partial charge in [0.2, 0.25) is 0 Å². The van der Waals surface area contributed by atoms with Crippen molar-refractivity contribution >= 4 is 22.7 Å². The number of benzene rings is 3. The van der Waals surface area contributed by atoms with Crippen molar-refractivity contribution in [3.8, 4) is 11.5 Å². The van der Waals surface area contributed by atoms with Crippen molar-refractivity contribution in [2.24, 2.45) is 0 Å². The van der Waals surface area contributed by atoms with Gasteiger partial charge >= 0.3 is 0 Å². The van der Waals surface area contributed by atoms with Crippen molar-refractivity contribution in [1.82, 2.24) is 25.9 Å². The van der Waals surface area contributed by atoms with Crippen LogP contribution in [0, 0.1) is 5.82 Å². The number of ketones is 1. The maximum atomic E-state index is 14.6. The Kier molecular flexibility index (Phi) is 7.05. The van der Waals surface area contributed by atoms with Crippen LogP contribution in [0.5, 0.6) is 11.5 Å². The number of phenols is 1. The number of hydrogen-bond donors (Lipinski definition) is 6. The number of aromatic nitrogens is 2. The molecular formula is C27H26FN5O5. The summed E-state index contributed by atoms with van der Waals surface area (Å²) in [6.07, 6.45) is 0.476. The fourth-order valence-corrected chi connectivity index (χ4v) is 4.51. The third-order valence-electron chi connectivity index (χ3n) is 6.61. The molecule has 2 heterocycles. The number of ether oxygens (including phenoxy) is 1. The lowest BCUT2D eigenvalue weighted by Crippen LogP contribution is -2.50. The first kappa shape index (κ1) is 25.3. The second kappa shape index (κ2) is 10.6. The summed E-state index contributed by atoms with van der Waals surface area (Å²) >= 11 is 0. The SMILES string of the molecule is COc1ccc(O)c(C(=O)c2ccc(C(O)N[C@@H]3CNC[C@H]3NC(=O)c3ccc4nc[nH]c4c3)cc2)c1F. The van der Waals surface area contributed by atoms with Crippen LogP contribution in [0.25, 0.3) is 11.0 Å². The van der Waals surface area contributed by atoms with Crippen molar-refractivity contribution in [3.63, 3.8) is 0 Å². The predicted molar refractivity (Wildman–Crippen MR) is 137 cm³/mol. The lowest BCUT2D eigenvalue weighted by Gasteiger charge is -2.24. The molecule has 0 spiro atoms. The van der Waals surface area contributed by atoms with Crippen LogP contribution in [0.4, 0.5) is 4.39 Å². The summed E-state index contributed by atoms with van der Waals surface area (Å²) < 4.78 is 19.5. The van der Waals surface area contributed by atoms with E-state index in [0.717, 1.165) is 11.0 Å². The zero-order chi connectivity index (χ0) is 26.8. The zero-order valence-electron chi connectivity index (χ0n) is 20.4. The van der Waals surface area contributed by atoms with Gasteiger partial charge < -0.3 is 30.6 Å². The average Bonchev–Trinajstić information content (AvgIpc) is 3.57. The van der Waals surface area contributed by atoms with E-state index >= 15 is 0 Å². The van der Waals surface area contributed by atoms with Gasteiger partial charge in [0.05, 0.1) is 30.5 Å². The minimum absolute atomic E-state index is 0.130. The van der Waals surface area contributed by atoms with Crippen LogP contribution in [0.15, 0.2) is 60.9 Å². The van der Waals surface area contributed by atoms with Gasteiger partial charge in [0.15, 0.2) is 17.3 Å². The molecule has 1 saturated heterocycles. The Hall–Kier alpha value is -4.32. The van der Waals surface area contributed by atoms with Crippen LogP contribution < -0.4 is 20.7 Å². The van der Waals surface area contributed by atoms with Crippen LogP contribution >= 0.6 is 0 Å². The number of aromatic hydroxyl groups is 1. The second-order valence-corrected chi connectivity index (χ2v) is 8.98. The highest BCUT2D eigenvalue weighted by Crippen LogP contribution is 2.30. The van der Waals surface area contributed by atoms with Crippen LogP contribution in [0.2, 0.25) is 0 Å². The van der Waals surface area contributed by atoms with E-state index in [0.29, 0.717) is 24.2 Å². The Morgan fingerprint density at radius 2 is 1.82 bits per heavy atom. The summed E-state index contributed by atoms with van der Waals surface area (Å²) in [6.45, 7) is 1.04. The molecule has 3 atom stereocenters. The summed E-state index contributed by atoms with van der Waals surface area (Å²) in [5.41, 5.74) is 2.14. The van der Waals surface area contributed by atoms with E-state index in [-0.39, 0.29) is 29.3 Å². The number of imidazole rings is 1. The Bertz CT molecular complexity index is 1490. The molecule has 1 unspecified atom stereocenters. The van der Waals surface area contributed by atoms with E-state index in [9.17, 15) is 24.2 Å². The third kappa shape index (κ3) is 4.94. The molecule has 1 amide bonds. The number of halogens is 1. The first-order valence-electron chi connectivity index (χ1n) is 11.9. The molecule has 1 aliphatic rings. The smallest absolute Gasteiger partial charge is 0.251 e. The second-order valence-electron chi connectivity index (χ2n) is 8.98. The topological polar surface area (TPSA) is 149 Å². The van der Waals surface area contributed by atoms with Gasteiger partial charge in [-0.25, -0.2) is 9.37 Å². The van der Waals surface area contributed by atoms with Crippen molar-refractivity contribution < 1.29 is 28.9 Å². The molecule has 3 aromatic carbocycles. The largest absolute Gasteiger partial charge is 0.507 e. The lowest BCUT2D eigenvalue weighted by atomic mass is 9.99. The van der Waals surface area contributed by atoms with Crippen molar-refractivity contribution in [3.05, 3.63) is 89.0 Å². The molecule has 0 saturated carbocycles. The summed E-state index contributed by atoms with van der Waals surface area (Å²) in [6, 6.07) is 13.0. The van der Waals surface area contributed by atoms with E-state index in [4.69, 9.17) is 4.74 Å². The number of carbonyl (C=O) groups is 2. The number of methoxy groups -OCH3 is 1. The molecule has 11 heteroatoms. The Labute approximate surface area is 216 Å². The highest BCUT2D eigenvalue weighted by Gasteiger charge is 2.30. The summed E-state index contributed by atoms with van der Waals surface area (Å²) in [5.74, 6) is -2.56. The number of carbonyl (C=O) groups excluding carboxylic acids is 2. The first-order chi connectivity index (χ1) is 18.4. The molecule has 4 aromatic rings. The molecule has 10 nitrogen and oxygen atoms in total. The Balaban J connectivity index is 1.24. The number of H-pyrrole nitrogens is 1. The lowest BCUT2D eigenvalue weighted by molar-refractivity contribution is 0.0907. The number of rotatable bonds is 8. The highest BCUT2D eigenvalue weighted by molar-refractivity contribution is 6.11. The number of aliphatic hydroxyl groups is 1. The molecule has 1 aromatic heterocycles. The fourth-order valence-electron chi connectivity index (χ4n) is 4.51. The van der Waals surface area contributed by atoms with E-state index in [1.54, 1.807) is 24.5 Å². The number of aromatic amines is 1. The minimum atomic E-state index is -1.09. The van der Waals surface area contributed by atoms with Gasteiger partial charge in [0, 0.05) is 30.3 Å². The van der Waals surface area contributed by atoms with Gasteiger partial charge in [0.25, 0.3) is 5.91 Å². The Morgan fingerprint density at radius 3 is 2.58 bits per heavy atom. The molecule has 1 aliphatic heterocycles. The van der Waals surface area contributed by atoms with Crippen LogP contribution in [-0.2, 0) is 0 Å². The van der Waals surface area contributed by atoms with E-state index in [2.05, 4.69) is 25.9 Å². The molecule has 0 radical (unpaired) electrons. The van der Waals surface area contributed by atoms with Crippen molar-refractivity contribution in [1.29, 1.82) is 0 Å². The number of amides is 1. The summed E-state index contributed by atoms with van der Waals surface area (Å²) in [5, 5.41) is 30.1. The number of aliphatic hydroxyl groups excluding tert-OH is 1. The quantitative estimate of drug-likeness (QED) is 0.153. The van der Waals surface area contributed by atoms with Gasteiger partial charge in [-0.15, -0.1) is 0 Å². The number of nitrogens with one attached hydrogen (secondary N) is 4. The molecule has 1 fully saturated rings. The minimum Gasteiger partial charge on any atom is -0.507 e. The molecular weight excluding hydrogens is 493 g/mol. The molecule has 5 rings (SSSR count). The van der Waals surface area contributed by atoms with Crippen LogP contribution in [0.1, 0.15) is 38.1 Å². The number of hydrogen-bond acceptors (Lipinski definition) is 8. The average molecular weight is 520 g/mol. The van der Waals surface area contributed by atoms with E-state index in [1.165, 1.54) is 43.5 Å². The molecule has 38 heavy (non-hydrogen) atoms. The highest BCUT2D eigenvalue weighted by atomic mass is 19.1. The van der Waals surface area contributed by atoms with Crippen molar-refractivity contribution in [2.75, 3.05) is 20.2 Å². The zero-order valence-corrected chi connectivity index (χ0v) is 20.4. The monoisotopic (exact) mass is 519 g/mol. The molecule has 6 N–H and O–H groups in total. The molecule has 196 valence electrons. The number of nitrogens with zero attached hydrogens (tertiary/aromatic N) is 1. The first-order valence-corrected chi connectivity index (χ1v) is 11.9. The molecule has 0 bridgehead atoms. The maximum absolute atomic E-state index is 14.6. The van der Waals surface area contributed by atoms with Crippen LogP contribution in [-0.4, -0.2) is 64.2 Å². The normalized spacial score (nSPS) is 17.9. The maximum Gasteiger partial charge on any atom is 0.251 e. The van der Waals surface area contributed by atoms with Gasteiger partial charge in [-0.3, -0.25) is 14.9 Å². The van der Waals surface area contributed by atoms with Gasteiger partial charge in [-0.2, -0.15) is 0 Å². The number of fused-ring (bicyclic) bond motifs is 1. The predicted octanol–water partition coefficient (Wildman–Crippen LogP) is 2.00. The van der Waals surface area contributed by atoms with E-state index in [1.807, 2.05) is 0 Å². The van der Waals surface area contributed by atoms with Gasteiger partial charge in [-0.05, 0) is 35.9 Å². The fraction of sp³-hybridized carbons (Fsp3) is 0.222. The third-order valence-corrected chi connectivity index (χ3v) is 6.61. The van der Waals surface area contributed by atoms with Gasteiger partial charge in [0.1, 0.15) is 17.5 Å². The Morgan fingerprint density at radius 1 is 1.08 bits per heavy atom. The van der Waals surface area contributed by atoms with Gasteiger partial charge in [-0.1, -0.05) is 24.3 Å². The number of phenolic OH excluding ortho intramolecular Hbond substituents is 1. The van der Waals surface area contributed by atoms with E-state index < -0.39 is 29.1 Å².